The Balaban J connectivity index is 1.21. The number of ketones is 1. The number of nitrogens with zero attached hydrogens (tertiary/aromatic N) is 1. The molecule has 6 heteroatoms. The van der Waals surface area contributed by atoms with Crippen molar-refractivity contribution in [2.24, 2.45) is 7.05 Å². The number of hydrogen-bond acceptors (Lipinski definition) is 2. The quantitative estimate of drug-likeness (QED) is 0.197. The molecule has 5 nitrogen and oxygen atoms in total. The van der Waals surface area contributed by atoms with E-state index in [1.54, 1.807) is 18.3 Å². The van der Waals surface area contributed by atoms with Crippen LogP contribution in [0.5, 0.6) is 0 Å². The maximum absolute atomic E-state index is 13.6. The summed E-state index contributed by atoms with van der Waals surface area (Å²) >= 11 is 0. The Kier molecular flexibility index (Phi) is 6.55. The van der Waals surface area contributed by atoms with Crippen LogP contribution in [-0.2, 0) is 7.05 Å². The molecule has 0 spiro atoms. The van der Waals surface area contributed by atoms with Gasteiger partial charge in [-0.1, -0.05) is 37.3 Å². The lowest BCUT2D eigenvalue weighted by Gasteiger charge is -2.11. The highest BCUT2D eigenvalue weighted by Crippen LogP contribution is 2.32. The van der Waals surface area contributed by atoms with E-state index in [4.69, 9.17) is 0 Å². The summed E-state index contributed by atoms with van der Waals surface area (Å²) in [5.41, 5.74) is 6.32. The van der Waals surface area contributed by atoms with Gasteiger partial charge in [0.2, 0.25) is 0 Å². The van der Waals surface area contributed by atoms with Crippen LogP contribution in [0.4, 0.5) is 4.39 Å². The van der Waals surface area contributed by atoms with Crippen molar-refractivity contribution in [3.8, 4) is 11.1 Å². The zero-order valence-corrected chi connectivity index (χ0v) is 22.3. The summed E-state index contributed by atoms with van der Waals surface area (Å²) in [7, 11) is 1.96. The Labute approximate surface area is 227 Å². The third-order valence-corrected chi connectivity index (χ3v) is 7.92. The van der Waals surface area contributed by atoms with E-state index in [-0.39, 0.29) is 23.4 Å². The van der Waals surface area contributed by atoms with E-state index in [0.29, 0.717) is 18.0 Å². The number of nitrogens with one attached hydrogen (secondary N) is 2. The first-order valence-corrected chi connectivity index (χ1v) is 13.7. The Bertz CT molecular complexity index is 1710. The summed E-state index contributed by atoms with van der Waals surface area (Å²) in [4.78, 5) is 29.1. The van der Waals surface area contributed by atoms with Gasteiger partial charge in [-0.05, 0) is 78.6 Å². The summed E-state index contributed by atoms with van der Waals surface area (Å²) in [6.45, 7) is 2.08. The molecule has 2 heterocycles. The van der Waals surface area contributed by atoms with Gasteiger partial charge in [0.05, 0.1) is 5.56 Å². The van der Waals surface area contributed by atoms with Gasteiger partial charge in [0.15, 0.2) is 5.78 Å². The van der Waals surface area contributed by atoms with Crippen molar-refractivity contribution in [1.82, 2.24) is 14.9 Å². The number of aromatic nitrogens is 2. The zero-order valence-electron chi connectivity index (χ0n) is 22.3. The molecule has 1 fully saturated rings. The number of aryl methyl sites for hydroxylation is 1. The fourth-order valence-electron chi connectivity index (χ4n) is 5.46. The predicted octanol–water partition coefficient (Wildman–Crippen LogP) is 7.51. The molecule has 1 atom stereocenters. The number of fused-ring (bicyclic) bond motifs is 2. The number of carbonyl (C=O) groups is 2. The molecule has 39 heavy (non-hydrogen) atoms. The van der Waals surface area contributed by atoms with Gasteiger partial charge in [0, 0.05) is 59.3 Å². The molecular weight excluding hydrogens is 489 g/mol. The number of carbonyl (C=O) groups excluding carboxylic acids is 2. The zero-order chi connectivity index (χ0) is 27.1. The first kappa shape index (κ1) is 25.1. The van der Waals surface area contributed by atoms with Gasteiger partial charge in [0.1, 0.15) is 5.82 Å². The van der Waals surface area contributed by atoms with Crippen LogP contribution in [0.15, 0.2) is 73.1 Å². The maximum atomic E-state index is 13.6. The van der Waals surface area contributed by atoms with Crippen LogP contribution in [0.2, 0.25) is 0 Å². The Hall–Kier alpha value is -4.19. The van der Waals surface area contributed by atoms with Gasteiger partial charge in [0.25, 0.3) is 5.91 Å². The fraction of sp³-hybridized carbons (Fsp3) is 0.273. The normalized spacial score (nSPS) is 14.1. The molecule has 0 aliphatic heterocycles. The second-order valence-electron chi connectivity index (χ2n) is 10.9. The molecule has 1 aliphatic rings. The summed E-state index contributed by atoms with van der Waals surface area (Å²) in [5.74, 6) is 0.0544. The molecule has 0 bridgehead atoms. The highest BCUT2D eigenvalue weighted by Gasteiger charge is 2.25. The molecule has 1 amide bonds. The second-order valence-corrected chi connectivity index (χ2v) is 10.9. The van der Waals surface area contributed by atoms with Crippen molar-refractivity contribution in [3.63, 3.8) is 0 Å². The van der Waals surface area contributed by atoms with E-state index in [1.165, 1.54) is 6.07 Å². The molecular formula is C33H32FN3O2. The van der Waals surface area contributed by atoms with Crippen molar-refractivity contribution < 1.29 is 14.0 Å². The first-order valence-electron chi connectivity index (χ1n) is 13.7. The summed E-state index contributed by atoms with van der Waals surface area (Å²) in [6.07, 6.45) is 7.82. The Morgan fingerprint density at radius 3 is 2.62 bits per heavy atom. The Morgan fingerprint density at radius 1 is 1.03 bits per heavy atom. The highest BCUT2D eigenvalue weighted by atomic mass is 19.1. The standard InChI is InChI=1S/C33H32FN3O2/c1-20(21-6-4-7-24(34)15-21)5-3-8-32(38)29-19-37(2)31-14-10-22(16-27(29)31)23-9-13-26-28(18-35-30(26)17-23)33(39)36-25-11-12-25/h4,6-7,9-10,13-20,25,35H,3,5,8,11-12H2,1-2H3,(H,36,39)/t20-/m1/s1. The second kappa shape index (κ2) is 10.2. The molecule has 0 radical (unpaired) electrons. The molecule has 1 aliphatic carbocycles. The third-order valence-electron chi connectivity index (χ3n) is 7.92. The molecule has 2 N–H and O–H groups in total. The third kappa shape index (κ3) is 5.11. The molecule has 0 saturated heterocycles. The van der Waals surface area contributed by atoms with Crippen LogP contribution in [0.3, 0.4) is 0 Å². The predicted molar refractivity (Wildman–Crippen MR) is 154 cm³/mol. The summed E-state index contributed by atoms with van der Waals surface area (Å²) < 4.78 is 15.6. The molecule has 2 aromatic heterocycles. The fourth-order valence-corrected chi connectivity index (χ4v) is 5.46. The lowest BCUT2D eigenvalue weighted by atomic mass is 9.93. The minimum atomic E-state index is -0.225. The number of halogens is 1. The molecule has 1 saturated carbocycles. The lowest BCUT2D eigenvalue weighted by Crippen LogP contribution is -2.24. The summed E-state index contributed by atoms with van der Waals surface area (Å²) in [5, 5.41) is 4.90. The highest BCUT2D eigenvalue weighted by molar-refractivity contribution is 6.10. The van der Waals surface area contributed by atoms with Crippen molar-refractivity contribution in [1.29, 1.82) is 0 Å². The monoisotopic (exact) mass is 521 g/mol. The average molecular weight is 522 g/mol. The number of H-pyrrole nitrogens is 1. The van der Waals surface area contributed by atoms with Gasteiger partial charge in [-0.25, -0.2) is 4.39 Å². The smallest absolute Gasteiger partial charge is 0.253 e. The van der Waals surface area contributed by atoms with Crippen LogP contribution in [-0.4, -0.2) is 27.3 Å². The van der Waals surface area contributed by atoms with Crippen molar-refractivity contribution in [2.75, 3.05) is 0 Å². The van der Waals surface area contributed by atoms with Crippen molar-refractivity contribution in [3.05, 3.63) is 95.6 Å². The van der Waals surface area contributed by atoms with Crippen LogP contribution >= 0.6 is 0 Å². The number of benzene rings is 3. The van der Waals surface area contributed by atoms with E-state index in [9.17, 15) is 14.0 Å². The van der Waals surface area contributed by atoms with Crippen molar-refractivity contribution >= 4 is 33.5 Å². The van der Waals surface area contributed by atoms with Crippen LogP contribution in [0.1, 0.15) is 71.2 Å². The van der Waals surface area contributed by atoms with Crippen molar-refractivity contribution in [2.45, 2.75) is 51.0 Å². The average Bonchev–Trinajstić information content (AvgIpc) is 3.54. The molecule has 3 aromatic carbocycles. The number of amides is 1. The molecule has 198 valence electrons. The topological polar surface area (TPSA) is 66.9 Å². The first-order chi connectivity index (χ1) is 18.9. The Morgan fingerprint density at radius 2 is 1.82 bits per heavy atom. The molecule has 5 aromatic rings. The van der Waals surface area contributed by atoms with Gasteiger partial charge >= 0.3 is 0 Å². The molecule has 6 rings (SSSR count). The summed E-state index contributed by atoms with van der Waals surface area (Å²) in [6, 6.07) is 19.3. The SMILES string of the molecule is C[C@H](CCCC(=O)c1cn(C)c2ccc(-c3ccc4c(C(=O)NC5CC5)c[nH]c4c3)cc12)c1cccc(F)c1. The van der Waals surface area contributed by atoms with Gasteiger partial charge in [-0.2, -0.15) is 0 Å². The van der Waals surface area contributed by atoms with E-state index in [0.717, 1.165) is 69.7 Å². The van der Waals surface area contributed by atoms with Crippen LogP contribution in [0, 0.1) is 5.82 Å². The number of aromatic amines is 1. The number of rotatable bonds is 9. The number of hydrogen-bond donors (Lipinski definition) is 2. The minimum absolute atomic E-state index is 0.0318. The molecule has 0 unspecified atom stereocenters. The maximum Gasteiger partial charge on any atom is 0.253 e. The van der Waals surface area contributed by atoms with E-state index in [2.05, 4.69) is 41.5 Å². The number of Topliss-reactive ketones (excluding diaryl/α,β-unsaturated/α-hetero) is 1. The van der Waals surface area contributed by atoms with E-state index >= 15 is 0 Å². The lowest BCUT2D eigenvalue weighted by molar-refractivity contribution is 0.0950. The minimum Gasteiger partial charge on any atom is -0.360 e. The van der Waals surface area contributed by atoms with E-state index < -0.39 is 0 Å². The van der Waals surface area contributed by atoms with Gasteiger partial charge in [-0.3, -0.25) is 9.59 Å². The largest absolute Gasteiger partial charge is 0.360 e. The van der Waals surface area contributed by atoms with Crippen LogP contribution < -0.4 is 5.32 Å². The van der Waals surface area contributed by atoms with Gasteiger partial charge in [-0.15, -0.1) is 0 Å². The van der Waals surface area contributed by atoms with E-state index in [1.807, 2.05) is 36.0 Å². The van der Waals surface area contributed by atoms with Crippen LogP contribution in [0.25, 0.3) is 32.9 Å². The van der Waals surface area contributed by atoms with Gasteiger partial charge < -0.3 is 14.9 Å².